The third kappa shape index (κ3) is 11.7. The van der Waals surface area contributed by atoms with E-state index < -0.39 is 12.8 Å². The Kier molecular flexibility index (Phi) is 7.03. The second-order valence-electron chi connectivity index (χ2n) is 2.23. The molecule has 78 valence electrons. The van der Waals surface area contributed by atoms with E-state index in [9.17, 15) is 13.2 Å². The lowest BCUT2D eigenvalue weighted by Crippen LogP contribution is -2.23. The summed E-state index contributed by atoms with van der Waals surface area (Å²) in [6, 6.07) is 0. The van der Waals surface area contributed by atoms with Crippen molar-refractivity contribution in [3.8, 4) is 0 Å². The van der Waals surface area contributed by atoms with Crippen molar-refractivity contribution < 1.29 is 17.9 Å². The molecule has 0 aromatic carbocycles. The van der Waals surface area contributed by atoms with Crippen LogP contribution in [-0.4, -0.2) is 32.5 Å². The first-order valence-electron chi connectivity index (χ1n) is 3.66. The van der Waals surface area contributed by atoms with Gasteiger partial charge in [0.2, 0.25) is 0 Å². The highest BCUT2D eigenvalue weighted by atomic mass is 35.5. The molecule has 0 aromatic rings. The van der Waals surface area contributed by atoms with E-state index in [1.54, 1.807) is 6.08 Å². The van der Waals surface area contributed by atoms with Gasteiger partial charge in [-0.15, -0.1) is 0 Å². The lowest BCUT2D eigenvalue weighted by molar-refractivity contribution is -0.173. The highest BCUT2D eigenvalue weighted by Gasteiger charge is 2.26. The molecule has 2 nitrogen and oxygen atoms in total. The van der Waals surface area contributed by atoms with E-state index in [1.807, 2.05) is 0 Å². The minimum atomic E-state index is -4.24. The van der Waals surface area contributed by atoms with Gasteiger partial charge in [0.15, 0.2) is 0 Å². The van der Waals surface area contributed by atoms with E-state index in [4.69, 9.17) is 11.6 Å². The van der Waals surface area contributed by atoms with Crippen molar-refractivity contribution in [2.24, 2.45) is 0 Å². The SMILES string of the molecule is FC(F)(F)COCCNC/C=C/Cl. The van der Waals surface area contributed by atoms with Crippen molar-refractivity contribution in [2.75, 3.05) is 26.3 Å². The molecular formula is C7H11ClF3NO. The maximum Gasteiger partial charge on any atom is 0.411 e. The molecule has 6 heteroatoms. The molecule has 0 radical (unpaired) electrons. The topological polar surface area (TPSA) is 21.3 Å². The van der Waals surface area contributed by atoms with Crippen molar-refractivity contribution >= 4 is 11.6 Å². The third-order valence-corrected chi connectivity index (χ3v) is 1.22. The fourth-order valence-electron chi connectivity index (χ4n) is 0.562. The fourth-order valence-corrected chi connectivity index (χ4v) is 0.651. The molecule has 0 aromatic heterocycles. The molecule has 0 fully saturated rings. The molecule has 13 heavy (non-hydrogen) atoms. The largest absolute Gasteiger partial charge is 0.411 e. The normalized spacial score (nSPS) is 12.6. The molecule has 0 atom stereocenters. The molecule has 0 aliphatic heterocycles. The van der Waals surface area contributed by atoms with Gasteiger partial charge in [0.25, 0.3) is 0 Å². The highest BCUT2D eigenvalue weighted by molar-refractivity contribution is 6.25. The Morgan fingerprint density at radius 3 is 2.62 bits per heavy atom. The van der Waals surface area contributed by atoms with Crippen LogP contribution in [-0.2, 0) is 4.74 Å². The van der Waals surface area contributed by atoms with Gasteiger partial charge in [-0.1, -0.05) is 17.7 Å². The van der Waals surface area contributed by atoms with Crippen molar-refractivity contribution in [3.05, 3.63) is 11.6 Å². The van der Waals surface area contributed by atoms with Gasteiger partial charge in [-0.05, 0) is 0 Å². The Bertz CT molecular complexity index is 149. The smallest absolute Gasteiger partial charge is 0.371 e. The summed E-state index contributed by atoms with van der Waals surface area (Å²) in [4.78, 5) is 0. The van der Waals surface area contributed by atoms with Gasteiger partial charge in [-0.25, -0.2) is 0 Å². The number of hydrogen-bond donors (Lipinski definition) is 1. The predicted octanol–water partition coefficient (Wildman–Crippen LogP) is 1.91. The Morgan fingerprint density at radius 1 is 1.38 bits per heavy atom. The molecule has 0 saturated carbocycles. The van der Waals surface area contributed by atoms with E-state index in [0.717, 1.165) is 0 Å². The standard InChI is InChI=1S/C7H11ClF3NO/c8-2-1-3-12-4-5-13-6-7(9,10)11/h1-2,12H,3-6H2/b2-1+. The summed E-state index contributed by atoms with van der Waals surface area (Å²) in [5.74, 6) is 0. The van der Waals surface area contributed by atoms with Crippen molar-refractivity contribution in [1.82, 2.24) is 5.32 Å². The Balaban J connectivity index is 3.09. The van der Waals surface area contributed by atoms with Gasteiger partial charge in [0.05, 0.1) is 6.61 Å². The minimum absolute atomic E-state index is 0.0373. The summed E-state index contributed by atoms with van der Waals surface area (Å²) in [5, 5.41) is 2.81. The molecule has 0 unspecified atom stereocenters. The summed E-state index contributed by atoms with van der Waals surface area (Å²) >= 11 is 5.20. The summed E-state index contributed by atoms with van der Waals surface area (Å²) in [7, 11) is 0. The van der Waals surface area contributed by atoms with Crippen LogP contribution in [0.5, 0.6) is 0 Å². The number of ether oxygens (including phenoxy) is 1. The lowest BCUT2D eigenvalue weighted by atomic mass is 10.6. The van der Waals surface area contributed by atoms with Crippen molar-refractivity contribution in [3.63, 3.8) is 0 Å². The highest BCUT2D eigenvalue weighted by Crippen LogP contribution is 2.13. The van der Waals surface area contributed by atoms with Crippen LogP contribution in [0.15, 0.2) is 11.6 Å². The Hall–Kier alpha value is -0.260. The number of hydrogen-bond acceptors (Lipinski definition) is 2. The van der Waals surface area contributed by atoms with Crippen LogP contribution in [0, 0.1) is 0 Å². The number of rotatable bonds is 6. The van der Waals surface area contributed by atoms with Gasteiger partial charge in [0, 0.05) is 18.6 Å². The zero-order chi connectivity index (χ0) is 10.2. The molecule has 0 rings (SSSR count). The quantitative estimate of drug-likeness (QED) is 0.687. The molecule has 0 heterocycles. The van der Waals surface area contributed by atoms with E-state index in [2.05, 4.69) is 10.1 Å². The molecule has 1 N–H and O–H groups in total. The molecule has 0 aliphatic rings. The minimum Gasteiger partial charge on any atom is -0.371 e. The molecular weight excluding hydrogens is 207 g/mol. The maximum absolute atomic E-state index is 11.5. The first-order chi connectivity index (χ1) is 6.06. The van der Waals surface area contributed by atoms with E-state index >= 15 is 0 Å². The van der Waals surface area contributed by atoms with Gasteiger partial charge in [-0.3, -0.25) is 0 Å². The third-order valence-electron chi connectivity index (χ3n) is 1.04. The van der Waals surface area contributed by atoms with E-state index in [1.165, 1.54) is 5.54 Å². The Labute approximate surface area is 79.7 Å². The zero-order valence-corrected chi connectivity index (χ0v) is 7.66. The van der Waals surface area contributed by atoms with Gasteiger partial charge in [-0.2, -0.15) is 13.2 Å². The number of nitrogens with one attached hydrogen (secondary N) is 1. The van der Waals surface area contributed by atoms with Crippen LogP contribution in [0.1, 0.15) is 0 Å². The molecule has 0 saturated heterocycles. The summed E-state index contributed by atoms with van der Waals surface area (Å²) in [5.41, 5.74) is 1.34. The first kappa shape index (κ1) is 12.7. The van der Waals surface area contributed by atoms with Gasteiger partial charge in [0.1, 0.15) is 6.61 Å². The van der Waals surface area contributed by atoms with E-state index in [0.29, 0.717) is 13.1 Å². The summed E-state index contributed by atoms with van der Waals surface area (Å²) in [6.45, 7) is -0.258. The maximum atomic E-state index is 11.5. The molecule has 0 spiro atoms. The fraction of sp³-hybridized carbons (Fsp3) is 0.714. The van der Waals surface area contributed by atoms with Crippen LogP contribution >= 0.6 is 11.6 Å². The van der Waals surface area contributed by atoms with Crippen LogP contribution in [0.25, 0.3) is 0 Å². The van der Waals surface area contributed by atoms with Crippen molar-refractivity contribution in [1.29, 1.82) is 0 Å². The monoisotopic (exact) mass is 217 g/mol. The first-order valence-corrected chi connectivity index (χ1v) is 4.10. The van der Waals surface area contributed by atoms with Crippen LogP contribution in [0.4, 0.5) is 13.2 Å². The summed E-state index contributed by atoms with van der Waals surface area (Å²) in [6.07, 6.45) is -2.60. The van der Waals surface area contributed by atoms with Gasteiger partial charge < -0.3 is 10.1 Å². The zero-order valence-electron chi connectivity index (χ0n) is 6.90. The van der Waals surface area contributed by atoms with Crippen LogP contribution < -0.4 is 5.32 Å². The van der Waals surface area contributed by atoms with Gasteiger partial charge >= 0.3 is 6.18 Å². The average molecular weight is 218 g/mol. The lowest BCUT2D eigenvalue weighted by Gasteiger charge is -2.07. The molecule has 0 amide bonds. The second kappa shape index (κ2) is 7.17. The van der Waals surface area contributed by atoms with Crippen LogP contribution in [0.3, 0.4) is 0 Å². The molecule has 0 aliphatic carbocycles. The Morgan fingerprint density at radius 2 is 2.08 bits per heavy atom. The number of halogens is 4. The second-order valence-corrected chi connectivity index (χ2v) is 2.49. The molecule has 0 bridgehead atoms. The average Bonchev–Trinajstić information content (AvgIpc) is 2.01. The number of alkyl halides is 3. The van der Waals surface area contributed by atoms with E-state index in [-0.39, 0.29) is 6.61 Å². The summed E-state index contributed by atoms with van der Waals surface area (Å²) < 4.78 is 38.9. The van der Waals surface area contributed by atoms with Crippen molar-refractivity contribution in [2.45, 2.75) is 6.18 Å². The predicted molar refractivity (Wildman–Crippen MR) is 44.7 cm³/mol. The van der Waals surface area contributed by atoms with Crippen LogP contribution in [0.2, 0.25) is 0 Å².